The van der Waals surface area contributed by atoms with Crippen molar-refractivity contribution < 1.29 is 19.0 Å². The Morgan fingerprint density at radius 3 is 2.44 bits per heavy atom. The lowest BCUT2D eigenvalue weighted by Crippen LogP contribution is -2.21. The number of nitrogens with zero attached hydrogens (tertiary/aromatic N) is 2. The van der Waals surface area contributed by atoms with Gasteiger partial charge in [0.25, 0.3) is 0 Å². The fourth-order valence-corrected chi connectivity index (χ4v) is 3.51. The molecule has 2 aromatic carbocycles. The number of nitriles is 1. The molecule has 1 unspecified atom stereocenters. The summed E-state index contributed by atoms with van der Waals surface area (Å²) in [5, 5.41) is 9.62. The Labute approximate surface area is 185 Å². The van der Waals surface area contributed by atoms with Crippen LogP contribution in [0.3, 0.4) is 0 Å². The molecular formula is C25H21N3O4. The summed E-state index contributed by atoms with van der Waals surface area (Å²) in [5.74, 6) is 0.517. The average molecular weight is 427 g/mol. The topological polar surface area (TPSA) is 107 Å². The van der Waals surface area contributed by atoms with Crippen molar-refractivity contribution in [3.63, 3.8) is 0 Å². The Kier molecular flexibility index (Phi) is 5.77. The smallest absolute Gasteiger partial charge is 0.343 e. The second kappa shape index (κ2) is 8.82. The highest BCUT2D eigenvalue weighted by Crippen LogP contribution is 2.43. The van der Waals surface area contributed by atoms with Gasteiger partial charge in [0.15, 0.2) is 0 Å². The largest absolute Gasteiger partial charge is 0.491 e. The van der Waals surface area contributed by atoms with Crippen LogP contribution in [0.2, 0.25) is 0 Å². The third-order valence-electron chi connectivity index (χ3n) is 4.90. The molecule has 0 aliphatic carbocycles. The molecule has 1 aliphatic rings. The molecule has 3 aromatic rings. The molecule has 0 bridgehead atoms. The number of pyridine rings is 1. The Balaban J connectivity index is 1.59. The zero-order valence-electron chi connectivity index (χ0n) is 17.6. The predicted molar refractivity (Wildman–Crippen MR) is 117 cm³/mol. The molecule has 2 N–H and O–H groups in total. The first kappa shape index (κ1) is 20.9. The van der Waals surface area contributed by atoms with Gasteiger partial charge in [-0.15, -0.1) is 0 Å². The van der Waals surface area contributed by atoms with Gasteiger partial charge < -0.3 is 19.9 Å². The maximum atomic E-state index is 12.6. The molecule has 0 amide bonds. The number of esters is 1. The van der Waals surface area contributed by atoms with Crippen LogP contribution in [0.1, 0.15) is 41.3 Å². The highest BCUT2D eigenvalue weighted by Gasteiger charge is 2.31. The molecule has 0 saturated carbocycles. The highest BCUT2D eigenvalue weighted by atomic mass is 16.5. The molecule has 1 aliphatic heterocycles. The monoisotopic (exact) mass is 427 g/mol. The number of nitrogens with two attached hydrogens (primary N) is 1. The van der Waals surface area contributed by atoms with Crippen LogP contribution in [-0.4, -0.2) is 17.1 Å². The Morgan fingerprint density at radius 1 is 1.09 bits per heavy atom. The molecule has 32 heavy (non-hydrogen) atoms. The number of hydrogen-bond acceptors (Lipinski definition) is 7. The van der Waals surface area contributed by atoms with Crippen molar-refractivity contribution in [1.82, 2.24) is 4.98 Å². The summed E-state index contributed by atoms with van der Waals surface area (Å²) in [6, 6.07) is 17.6. The molecule has 1 atom stereocenters. The molecule has 7 heteroatoms. The van der Waals surface area contributed by atoms with E-state index in [4.69, 9.17) is 19.9 Å². The maximum absolute atomic E-state index is 12.6. The number of carbonyl (C=O) groups is 1. The zero-order valence-corrected chi connectivity index (χ0v) is 17.6. The highest BCUT2D eigenvalue weighted by molar-refractivity contribution is 5.91. The predicted octanol–water partition coefficient (Wildman–Crippen LogP) is 4.31. The lowest BCUT2D eigenvalue weighted by atomic mass is 9.84. The summed E-state index contributed by atoms with van der Waals surface area (Å²) >= 11 is 0. The van der Waals surface area contributed by atoms with E-state index in [1.807, 2.05) is 26.0 Å². The third-order valence-corrected chi connectivity index (χ3v) is 4.90. The molecule has 160 valence electrons. The van der Waals surface area contributed by atoms with Crippen molar-refractivity contribution in [2.45, 2.75) is 25.9 Å². The van der Waals surface area contributed by atoms with Gasteiger partial charge in [-0.25, -0.2) is 4.79 Å². The van der Waals surface area contributed by atoms with E-state index in [1.54, 1.807) is 54.9 Å². The summed E-state index contributed by atoms with van der Waals surface area (Å²) in [5.41, 5.74) is 8.33. The molecule has 2 heterocycles. The fourth-order valence-electron chi connectivity index (χ4n) is 3.51. The number of aromatic nitrogens is 1. The van der Waals surface area contributed by atoms with Crippen LogP contribution in [0.4, 0.5) is 0 Å². The fraction of sp³-hybridized carbons (Fsp3) is 0.160. The second-order valence-corrected chi connectivity index (χ2v) is 7.49. The van der Waals surface area contributed by atoms with E-state index < -0.39 is 11.9 Å². The van der Waals surface area contributed by atoms with Gasteiger partial charge in [-0.05, 0) is 61.9 Å². The number of carbonyl (C=O) groups excluding carboxylic acids is 1. The molecule has 0 spiro atoms. The quantitative estimate of drug-likeness (QED) is 0.478. The molecular weight excluding hydrogens is 406 g/mol. The van der Waals surface area contributed by atoms with Crippen LogP contribution >= 0.6 is 0 Å². The zero-order chi connectivity index (χ0) is 22.7. The first-order valence-corrected chi connectivity index (χ1v) is 10.1. The number of ether oxygens (including phenoxy) is 3. The summed E-state index contributed by atoms with van der Waals surface area (Å²) in [4.78, 5) is 16.6. The number of rotatable bonds is 5. The second-order valence-electron chi connectivity index (χ2n) is 7.49. The summed E-state index contributed by atoms with van der Waals surface area (Å²) in [6.07, 6.45) is 3.36. The number of allylic oxidation sites excluding steroid dienone is 1. The maximum Gasteiger partial charge on any atom is 0.343 e. The van der Waals surface area contributed by atoms with Gasteiger partial charge in [0.1, 0.15) is 28.9 Å². The van der Waals surface area contributed by atoms with Crippen LogP contribution in [0.25, 0.3) is 0 Å². The van der Waals surface area contributed by atoms with Crippen molar-refractivity contribution in [3.05, 3.63) is 95.1 Å². The Morgan fingerprint density at radius 2 is 1.78 bits per heavy atom. The SMILES string of the molecule is CC(C)Oc1ccc(C(=O)Oc2ccc3c(c2)OC(N)=C(C#N)C3c2ccncc2)cc1. The lowest BCUT2D eigenvalue weighted by Gasteiger charge is -2.26. The summed E-state index contributed by atoms with van der Waals surface area (Å²) in [7, 11) is 0. The van der Waals surface area contributed by atoms with Gasteiger partial charge in [0.05, 0.1) is 17.6 Å². The Hall–Kier alpha value is -4.31. The molecule has 1 aromatic heterocycles. The standard InChI is InChI=1S/C25H21N3O4/c1-15(2)30-18-5-3-17(4-6-18)25(29)31-19-7-8-20-22(13-19)32-24(27)21(14-26)23(20)16-9-11-28-12-10-16/h3-13,15,23H,27H2,1-2H3. The first-order chi connectivity index (χ1) is 15.5. The lowest BCUT2D eigenvalue weighted by molar-refractivity contribution is 0.0734. The van der Waals surface area contributed by atoms with Crippen LogP contribution < -0.4 is 19.9 Å². The van der Waals surface area contributed by atoms with Gasteiger partial charge in [-0.3, -0.25) is 4.98 Å². The van der Waals surface area contributed by atoms with Crippen LogP contribution in [0.5, 0.6) is 17.2 Å². The van der Waals surface area contributed by atoms with E-state index >= 15 is 0 Å². The third kappa shape index (κ3) is 4.25. The van der Waals surface area contributed by atoms with Crippen molar-refractivity contribution >= 4 is 5.97 Å². The van der Waals surface area contributed by atoms with E-state index in [-0.39, 0.29) is 12.0 Å². The molecule has 0 radical (unpaired) electrons. The van der Waals surface area contributed by atoms with Crippen molar-refractivity contribution in [2.75, 3.05) is 0 Å². The van der Waals surface area contributed by atoms with Gasteiger partial charge in [-0.2, -0.15) is 5.26 Å². The molecule has 0 fully saturated rings. The number of fused-ring (bicyclic) bond motifs is 1. The minimum absolute atomic E-state index is 0.0195. The van der Waals surface area contributed by atoms with Gasteiger partial charge in [0, 0.05) is 24.0 Å². The van der Waals surface area contributed by atoms with Gasteiger partial charge >= 0.3 is 5.97 Å². The minimum Gasteiger partial charge on any atom is -0.491 e. The van der Waals surface area contributed by atoms with E-state index in [1.165, 1.54) is 0 Å². The van der Waals surface area contributed by atoms with Crippen molar-refractivity contribution in [1.29, 1.82) is 5.26 Å². The molecule has 7 nitrogen and oxygen atoms in total. The molecule has 0 saturated heterocycles. The van der Waals surface area contributed by atoms with Crippen molar-refractivity contribution in [2.24, 2.45) is 5.73 Å². The average Bonchev–Trinajstić information content (AvgIpc) is 2.78. The summed E-state index contributed by atoms with van der Waals surface area (Å²) < 4.78 is 16.8. The van der Waals surface area contributed by atoms with Crippen LogP contribution in [0, 0.1) is 11.3 Å². The van der Waals surface area contributed by atoms with Crippen LogP contribution in [0.15, 0.2) is 78.4 Å². The Bertz CT molecular complexity index is 1210. The number of hydrogen-bond donors (Lipinski definition) is 1. The van der Waals surface area contributed by atoms with Crippen LogP contribution in [-0.2, 0) is 0 Å². The van der Waals surface area contributed by atoms with Gasteiger partial charge in [-0.1, -0.05) is 6.07 Å². The number of benzene rings is 2. The normalized spacial score (nSPS) is 14.9. The minimum atomic E-state index is -0.510. The molecule has 4 rings (SSSR count). The summed E-state index contributed by atoms with van der Waals surface area (Å²) in [6.45, 7) is 3.86. The van der Waals surface area contributed by atoms with E-state index in [0.717, 1.165) is 11.1 Å². The van der Waals surface area contributed by atoms with Crippen molar-refractivity contribution in [3.8, 4) is 23.3 Å². The van der Waals surface area contributed by atoms with E-state index in [9.17, 15) is 10.1 Å². The first-order valence-electron chi connectivity index (χ1n) is 10.1. The van der Waals surface area contributed by atoms with E-state index in [2.05, 4.69) is 11.1 Å². The van der Waals surface area contributed by atoms with Gasteiger partial charge in [0.2, 0.25) is 5.88 Å². The van der Waals surface area contributed by atoms with E-state index in [0.29, 0.717) is 28.4 Å².